The molecule has 1 N–H and O–H groups in total. The molecule has 0 saturated heterocycles. The summed E-state index contributed by atoms with van der Waals surface area (Å²) in [5.41, 5.74) is 4.30. The number of rotatable bonds is 5. The maximum Gasteiger partial charge on any atom is 0.341 e. The van der Waals surface area contributed by atoms with E-state index in [-0.39, 0.29) is 5.92 Å². The predicted octanol–water partition coefficient (Wildman–Crippen LogP) is 4.55. The molecular weight excluding hydrogens is 389 g/mol. The Labute approximate surface area is 171 Å². The molecule has 8 heteroatoms. The number of carbonyl (C=O) groups excluding carboxylic acids is 1. The van der Waals surface area contributed by atoms with Crippen molar-refractivity contribution >= 4 is 29.8 Å². The SMILES string of the molecule is C=NCc1ccc(-c2csc(C3C(C)=NC(=O)NC3c3ccc(F)nc3)n2)cc1. The van der Waals surface area contributed by atoms with E-state index in [4.69, 9.17) is 4.98 Å². The van der Waals surface area contributed by atoms with Gasteiger partial charge in [-0.2, -0.15) is 4.39 Å². The molecule has 2 unspecified atom stereocenters. The third-order valence-electron chi connectivity index (χ3n) is 4.78. The van der Waals surface area contributed by atoms with Gasteiger partial charge < -0.3 is 5.32 Å². The van der Waals surface area contributed by atoms with Gasteiger partial charge in [0.15, 0.2) is 0 Å². The number of urea groups is 1. The molecule has 4 rings (SSSR count). The van der Waals surface area contributed by atoms with Crippen molar-refractivity contribution in [3.05, 3.63) is 70.1 Å². The lowest BCUT2D eigenvalue weighted by Crippen LogP contribution is -2.38. The highest BCUT2D eigenvalue weighted by Crippen LogP contribution is 2.37. The van der Waals surface area contributed by atoms with Crippen molar-refractivity contribution < 1.29 is 9.18 Å². The summed E-state index contributed by atoms with van der Waals surface area (Å²) in [6.45, 7) is 5.90. The van der Waals surface area contributed by atoms with Gasteiger partial charge in [0.25, 0.3) is 0 Å². The average molecular weight is 407 g/mol. The molecule has 0 bridgehead atoms. The van der Waals surface area contributed by atoms with Crippen molar-refractivity contribution in [2.24, 2.45) is 9.98 Å². The Kier molecular flexibility index (Phi) is 5.26. The second-order valence-electron chi connectivity index (χ2n) is 6.72. The van der Waals surface area contributed by atoms with E-state index in [0.717, 1.165) is 21.8 Å². The van der Waals surface area contributed by atoms with Crippen molar-refractivity contribution in [2.45, 2.75) is 25.4 Å². The van der Waals surface area contributed by atoms with E-state index in [0.29, 0.717) is 17.8 Å². The van der Waals surface area contributed by atoms with Gasteiger partial charge in [-0.25, -0.2) is 19.8 Å². The van der Waals surface area contributed by atoms with Crippen LogP contribution in [0.2, 0.25) is 0 Å². The van der Waals surface area contributed by atoms with E-state index < -0.39 is 18.0 Å². The number of benzene rings is 1. The standard InChI is InChI=1S/C21H18FN5OS/c1-12-18(19(27-21(28)25-12)15-7-8-17(22)24-10-15)20-26-16(11-29-20)14-5-3-13(4-6-14)9-23-2/h3-8,10-11,18-19H,2,9H2,1H3,(H,27,28). The van der Waals surface area contributed by atoms with Gasteiger partial charge in [-0.1, -0.05) is 30.3 Å². The average Bonchev–Trinajstić information content (AvgIpc) is 3.18. The van der Waals surface area contributed by atoms with E-state index in [1.54, 1.807) is 6.07 Å². The molecule has 1 aliphatic heterocycles. The fourth-order valence-electron chi connectivity index (χ4n) is 3.36. The number of hydrogen-bond donors (Lipinski definition) is 1. The topological polar surface area (TPSA) is 79.6 Å². The maximum atomic E-state index is 13.3. The number of halogens is 1. The van der Waals surface area contributed by atoms with E-state index in [1.807, 2.05) is 36.6 Å². The van der Waals surface area contributed by atoms with Crippen LogP contribution in [0.1, 0.15) is 35.0 Å². The molecule has 1 aromatic carbocycles. The molecule has 0 spiro atoms. The minimum atomic E-state index is -0.565. The van der Waals surface area contributed by atoms with Crippen molar-refractivity contribution in [3.63, 3.8) is 0 Å². The molecule has 0 saturated carbocycles. The predicted molar refractivity (Wildman–Crippen MR) is 112 cm³/mol. The summed E-state index contributed by atoms with van der Waals surface area (Å²) in [4.78, 5) is 28.5. The first-order valence-corrected chi connectivity index (χ1v) is 9.87. The molecular formula is C21H18FN5OS. The highest BCUT2D eigenvalue weighted by Gasteiger charge is 2.35. The normalized spacial score (nSPS) is 18.8. The van der Waals surface area contributed by atoms with Crippen molar-refractivity contribution in [1.82, 2.24) is 15.3 Å². The lowest BCUT2D eigenvalue weighted by atomic mass is 9.89. The molecule has 2 aromatic heterocycles. The Hall–Kier alpha value is -3.26. The van der Waals surface area contributed by atoms with Crippen LogP contribution in [0.25, 0.3) is 11.3 Å². The summed E-state index contributed by atoms with van der Waals surface area (Å²) in [6, 6.07) is 10.1. The first-order valence-electron chi connectivity index (χ1n) is 8.99. The molecule has 29 heavy (non-hydrogen) atoms. The first kappa shape index (κ1) is 19.1. The van der Waals surface area contributed by atoms with Gasteiger partial charge in [-0.05, 0) is 30.8 Å². The summed E-state index contributed by atoms with van der Waals surface area (Å²) in [7, 11) is 0. The number of pyridine rings is 1. The Morgan fingerprint density at radius 2 is 2.03 bits per heavy atom. The molecule has 3 heterocycles. The third kappa shape index (κ3) is 3.97. The van der Waals surface area contributed by atoms with Crippen LogP contribution in [-0.4, -0.2) is 28.4 Å². The van der Waals surface area contributed by atoms with Crippen molar-refractivity contribution in [2.75, 3.05) is 0 Å². The van der Waals surface area contributed by atoms with Crippen LogP contribution in [0.15, 0.2) is 58.0 Å². The summed E-state index contributed by atoms with van der Waals surface area (Å²) < 4.78 is 13.3. The van der Waals surface area contributed by atoms with Crippen LogP contribution < -0.4 is 5.32 Å². The lowest BCUT2D eigenvalue weighted by Gasteiger charge is -2.29. The number of nitrogens with zero attached hydrogens (tertiary/aromatic N) is 4. The quantitative estimate of drug-likeness (QED) is 0.498. The zero-order valence-corrected chi connectivity index (χ0v) is 16.5. The zero-order valence-electron chi connectivity index (χ0n) is 15.7. The van der Waals surface area contributed by atoms with Crippen LogP contribution in [-0.2, 0) is 6.54 Å². The Morgan fingerprint density at radius 1 is 1.24 bits per heavy atom. The fraction of sp³-hybridized carbons (Fsp3) is 0.190. The van der Waals surface area contributed by atoms with Crippen LogP contribution in [0.3, 0.4) is 0 Å². The van der Waals surface area contributed by atoms with Gasteiger partial charge in [0.1, 0.15) is 5.01 Å². The fourth-order valence-corrected chi connectivity index (χ4v) is 4.39. The number of aliphatic imine (C=N–C) groups is 2. The summed E-state index contributed by atoms with van der Waals surface area (Å²) in [5.74, 6) is -0.813. The van der Waals surface area contributed by atoms with Gasteiger partial charge in [-0.15, -0.1) is 11.3 Å². The monoisotopic (exact) mass is 407 g/mol. The minimum absolute atomic E-state index is 0.247. The Morgan fingerprint density at radius 3 is 2.72 bits per heavy atom. The van der Waals surface area contributed by atoms with Gasteiger partial charge in [-0.3, -0.25) is 4.99 Å². The number of thiazole rings is 1. The van der Waals surface area contributed by atoms with E-state index in [2.05, 4.69) is 27.0 Å². The third-order valence-corrected chi connectivity index (χ3v) is 5.71. The van der Waals surface area contributed by atoms with Crippen LogP contribution in [0, 0.1) is 5.95 Å². The Balaban J connectivity index is 1.68. The molecule has 0 fully saturated rings. The van der Waals surface area contributed by atoms with E-state index in [9.17, 15) is 9.18 Å². The molecule has 2 atom stereocenters. The number of amides is 2. The number of aromatic nitrogens is 2. The van der Waals surface area contributed by atoms with E-state index in [1.165, 1.54) is 23.6 Å². The van der Waals surface area contributed by atoms with Crippen LogP contribution in [0.4, 0.5) is 9.18 Å². The van der Waals surface area contributed by atoms with Crippen LogP contribution in [0.5, 0.6) is 0 Å². The second-order valence-corrected chi connectivity index (χ2v) is 7.61. The molecule has 0 aliphatic carbocycles. The molecule has 146 valence electrons. The van der Waals surface area contributed by atoms with Gasteiger partial charge in [0.05, 0.1) is 24.2 Å². The minimum Gasteiger partial charge on any atom is -0.328 e. The van der Waals surface area contributed by atoms with E-state index >= 15 is 0 Å². The van der Waals surface area contributed by atoms with Gasteiger partial charge in [0, 0.05) is 22.9 Å². The number of hydrogen-bond acceptors (Lipinski definition) is 5. The zero-order chi connectivity index (χ0) is 20.4. The van der Waals surface area contributed by atoms with Gasteiger partial charge in [0.2, 0.25) is 5.95 Å². The van der Waals surface area contributed by atoms with Crippen LogP contribution >= 0.6 is 11.3 Å². The molecule has 3 aromatic rings. The lowest BCUT2D eigenvalue weighted by molar-refractivity contribution is 0.243. The maximum absolute atomic E-state index is 13.3. The molecule has 2 amide bonds. The smallest absolute Gasteiger partial charge is 0.328 e. The number of nitrogens with one attached hydrogen (secondary N) is 1. The summed E-state index contributed by atoms with van der Waals surface area (Å²) in [5, 5.41) is 5.68. The van der Waals surface area contributed by atoms with Gasteiger partial charge >= 0.3 is 6.03 Å². The molecule has 0 radical (unpaired) electrons. The summed E-state index contributed by atoms with van der Waals surface area (Å²) in [6.07, 6.45) is 1.44. The molecule has 6 nitrogen and oxygen atoms in total. The highest BCUT2D eigenvalue weighted by molar-refractivity contribution is 7.10. The largest absolute Gasteiger partial charge is 0.341 e. The second kappa shape index (κ2) is 8.00. The molecule has 1 aliphatic rings. The summed E-state index contributed by atoms with van der Waals surface area (Å²) >= 11 is 1.51. The number of carbonyl (C=O) groups is 1. The van der Waals surface area contributed by atoms with Crippen molar-refractivity contribution in [3.8, 4) is 11.3 Å². The first-order chi connectivity index (χ1) is 14.0. The highest BCUT2D eigenvalue weighted by atomic mass is 32.1. The van der Waals surface area contributed by atoms with Crippen molar-refractivity contribution in [1.29, 1.82) is 0 Å². The Bertz CT molecular complexity index is 1080.